The number of unbranched alkanes of at least 4 members (excludes halogenated alkanes) is 26. The first-order valence-electron chi connectivity index (χ1n) is 27.9. The number of amides is 1. The largest absolute Gasteiger partial charge is 0.454 e. The number of esters is 1. The summed E-state index contributed by atoms with van der Waals surface area (Å²) in [6.07, 6.45) is 43.0. The summed E-state index contributed by atoms with van der Waals surface area (Å²) in [5.41, 5.74) is 0. The molecule has 68 heavy (non-hydrogen) atoms. The maximum absolute atomic E-state index is 13.3. The Hall–Kier alpha value is -2.38. The molecule has 0 aromatic carbocycles. The smallest absolute Gasteiger partial charge is 0.306 e. The van der Waals surface area contributed by atoms with Gasteiger partial charge in [-0.25, -0.2) is 0 Å². The molecule has 1 fully saturated rings. The quantitative estimate of drug-likeness (QED) is 0.0196. The van der Waals surface area contributed by atoms with Crippen molar-refractivity contribution in [2.75, 3.05) is 13.2 Å². The van der Waals surface area contributed by atoms with E-state index in [9.17, 15) is 35.1 Å². The SMILES string of the molecule is CC/C=C/C/C=C/C/C=C/CCCCCC(O)C(=O)NC(COC1OC(CO)C(O)C(O)C1OC(=O)CCCCCCCCCCCCCCCCC)C(O)/C=C/CCCCCCCCCCC. The van der Waals surface area contributed by atoms with Crippen LogP contribution in [0.5, 0.6) is 0 Å². The van der Waals surface area contributed by atoms with Crippen molar-refractivity contribution >= 4 is 11.9 Å². The molecule has 6 N–H and O–H groups in total. The Kier molecular flexibility index (Phi) is 42.8. The van der Waals surface area contributed by atoms with E-state index in [1.165, 1.54) is 116 Å². The van der Waals surface area contributed by atoms with Crippen LogP contribution in [-0.2, 0) is 23.8 Å². The number of carbonyl (C=O) groups is 2. The summed E-state index contributed by atoms with van der Waals surface area (Å²) >= 11 is 0. The van der Waals surface area contributed by atoms with E-state index in [0.29, 0.717) is 12.8 Å². The molecule has 8 atom stereocenters. The van der Waals surface area contributed by atoms with E-state index >= 15 is 0 Å². The second-order valence-electron chi connectivity index (χ2n) is 19.3. The number of hydrogen-bond donors (Lipinski definition) is 6. The van der Waals surface area contributed by atoms with Gasteiger partial charge in [0, 0.05) is 6.42 Å². The zero-order valence-electron chi connectivity index (χ0n) is 43.5. The Labute approximate surface area is 415 Å². The van der Waals surface area contributed by atoms with Crippen molar-refractivity contribution in [1.82, 2.24) is 5.32 Å². The average molecular weight is 962 g/mol. The Morgan fingerprint density at radius 1 is 0.588 bits per heavy atom. The lowest BCUT2D eigenvalue weighted by Gasteiger charge is -2.41. The number of ether oxygens (including phenoxy) is 3. The number of hydrogen-bond acceptors (Lipinski definition) is 10. The maximum Gasteiger partial charge on any atom is 0.306 e. The fourth-order valence-corrected chi connectivity index (χ4v) is 8.55. The third kappa shape index (κ3) is 34.0. The summed E-state index contributed by atoms with van der Waals surface area (Å²) < 4.78 is 17.5. The topological polar surface area (TPSA) is 175 Å². The van der Waals surface area contributed by atoms with Gasteiger partial charge in [0.1, 0.15) is 24.4 Å². The highest BCUT2D eigenvalue weighted by Crippen LogP contribution is 2.26. The average Bonchev–Trinajstić information content (AvgIpc) is 3.33. The molecule has 1 aliphatic rings. The third-order valence-electron chi connectivity index (χ3n) is 13.0. The molecular weight excluding hydrogens is 859 g/mol. The lowest BCUT2D eigenvalue weighted by molar-refractivity contribution is -0.305. The number of rotatable bonds is 46. The van der Waals surface area contributed by atoms with Crippen molar-refractivity contribution in [3.63, 3.8) is 0 Å². The summed E-state index contributed by atoms with van der Waals surface area (Å²) in [7, 11) is 0. The van der Waals surface area contributed by atoms with Gasteiger partial charge in [-0.2, -0.15) is 0 Å². The second kappa shape index (κ2) is 45.7. The van der Waals surface area contributed by atoms with Gasteiger partial charge in [0.25, 0.3) is 0 Å². The van der Waals surface area contributed by atoms with E-state index in [1.54, 1.807) is 6.08 Å². The van der Waals surface area contributed by atoms with Gasteiger partial charge < -0.3 is 45.1 Å². The molecule has 0 aromatic rings. The highest BCUT2D eigenvalue weighted by atomic mass is 16.7. The molecule has 1 amide bonds. The van der Waals surface area contributed by atoms with Gasteiger partial charge in [-0.1, -0.05) is 223 Å². The fourth-order valence-electron chi connectivity index (χ4n) is 8.55. The minimum absolute atomic E-state index is 0.123. The molecule has 0 spiro atoms. The molecule has 0 saturated carbocycles. The number of allylic oxidation sites excluding steroid dienone is 7. The maximum atomic E-state index is 13.3. The molecule has 11 nitrogen and oxygen atoms in total. The minimum atomic E-state index is -1.61. The number of nitrogens with one attached hydrogen (secondary N) is 1. The van der Waals surface area contributed by atoms with Gasteiger partial charge in [0.2, 0.25) is 5.91 Å². The van der Waals surface area contributed by atoms with Crippen LogP contribution in [0.2, 0.25) is 0 Å². The number of aliphatic hydroxyl groups is 5. The van der Waals surface area contributed by atoms with Crippen LogP contribution < -0.4 is 5.32 Å². The van der Waals surface area contributed by atoms with Crippen molar-refractivity contribution in [3.8, 4) is 0 Å². The van der Waals surface area contributed by atoms with E-state index in [1.807, 2.05) is 6.08 Å². The summed E-state index contributed by atoms with van der Waals surface area (Å²) in [5, 5.41) is 56.7. The van der Waals surface area contributed by atoms with Crippen LogP contribution in [0.3, 0.4) is 0 Å². The van der Waals surface area contributed by atoms with Crippen LogP contribution in [0.25, 0.3) is 0 Å². The van der Waals surface area contributed by atoms with Crippen molar-refractivity contribution in [2.45, 2.75) is 288 Å². The summed E-state index contributed by atoms with van der Waals surface area (Å²) in [6.45, 7) is 5.64. The molecule has 11 heteroatoms. The predicted molar refractivity (Wildman–Crippen MR) is 278 cm³/mol. The molecule has 0 aliphatic carbocycles. The van der Waals surface area contributed by atoms with E-state index < -0.39 is 67.4 Å². The van der Waals surface area contributed by atoms with E-state index in [4.69, 9.17) is 14.2 Å². The molecule has 0 radical (unpaired) electrons. The highest BCUT2D eigenvalue weighted by molar-refractivity contribution is 5.80. The fraction of sp³-hybridized carbons (Fsp3) is 0.825. The molecule has 1 saturated heterocycles. The van der Waals surface area contributed by atoms with Crippen LogP contribution in [0, 0.1) is 0 Å². The Balaban J connectivity index is 2.75. The Morgan fingerprint density at radius 3 is 1.59 bits per heavy atom. The molecular formula is C57H103NO10. The van der Waals surface area contributed by atoms with Gasteiger partial charge in [-0.3, -0.25) is 9.59 Å². The van der Waals surface area contributed by atoms with Gasteiger partial charge >= 0.3 is 5.97 Å². The lowest BCUT2D eigenvalue weighted by atomic mass is 9.99. The highest BCUT2D eigenvalue weighted by Gasteiger charge is 2.47. The lowest BCUT2D eigenvalue weighted by Crippen LogP contribution is -2.61. The van der Waals surface area contributed by atoms with Crippen LogP contribution in [0.4, 0.5) is 0 Å². The van der Waals surface area contributed by atoms with Crippen molar-refractivity contribution in [2.24, 2.45) is 0 Å². The standard InChI is InChI=1S/C57H103NO10/c1-4-7-10-13-16-19-22-24-25-27-30-33-36-39-42-45-52(62)68-55-54(64)53(63)51(46-59)67-57(55)66-47-48(49(60)43-40-37-34-31-28-21-18-15-12-9-6-3)58-56(65)50(61)44-41-38-35-32-29-26-23-20-17-14-11-8-5-2/h8,11,17,20,26,29,40,43,48-51,53-55,57,59-61,63-64H,4-7,9-10,12-16,18-19,21-25,27-28,30-39,41-42,44-47H2,1-3H3,(H,58,65)/b11-8+,20-17+,29-26+,43-40+. The predicted octanol–water partition coefficient (Wildman–Crippen LogP) is 12.1. The summed E-state index contributed by atoms with van der Waals surface area (Å²) in [4.78, 5) is 26.4. The van der Waals surface area contributed by atoms with Crippen LogP contribution in [0.1, 0.15) is 239 Å². The molecule has 1 aliphatic heterocycles. The van der Waals surface area contributed by atoms with Crippen LogP contribution in [0.15, 0.2) is 48.6 Å². The first kappa shape index (κ1) is 63.6. The number of aliphatic hydroxyl groups excluding tert-OH is 5. The third-order valence-corrected chi connectivity index (χ3v) is 13.0. The van der Waals surface area contributed by atoms with Gasteiger partial charge in [-0.05, 0) is 57.8 Å². The van der Waals surface area contributed by atoms with Crippen molar-refractivity contribution in [3.05, 3.63) is 48.6 Å². The molecule has 396 valence electrons. The molecule has 1 heterocycles. The molecule has 0 aromatic heterocycles. The monoisotopic (exact) mass is 962 g/mol. The van der Waals surface area contributed by atoms with Gasteiger partial charge in [0.05, 0.1) is 25.4 Å². The van der Waals surface area contributed by atoms with Crippen LogP contribution in [-0.4, -0.2) is 99.6 Å². The molecule has 8 unspecified atom stereocenters. The van der Waals surface area contributed by atoms with E-state index in [0.717, 1.165) is 77.0 Å². The number of carbonyl (C=O) groups excluding carboxylic acids is 2. The Morgan fingerprint density at radius 2 is 1.06 bits per heavy atom. The summed E-state index contributed by atoms with van der Waals surface area (Å²) in [5.74, 6) is -1.22. The van der Waals surface area contributed by atoms with E-state index in [-0.39, 0.29) is 19.4 Å². The van der Waals surface area contributed by atoms with Crippen molar-refractivity contribution < 1.29 is 49.3 Å². The van der Waals surface area contributed by atoms with E-state index in [2.05, 4.69) is 62.5 Å². The molecule has 0 bridgehead atoms. The van der Waals surface area contributed by atoms with Gasteiger partial charge in [-0.15, -0.1) is 0 Å². The minimum Gasteiger partial charge on any atom is -0.454 e. The zero-order chi connectivity index (χ0) is 49.7. The first-order valence-corrected chi connectivity index (χ1v) is 27.9. The summed E-state index contributed by atoms with van der Waals surface area (Å²) in [6, 6.07) is -1.03. The normalized spacial score (nSPS) is 20.3. The molecule has 1 rings (SSSR count). The van der Waals surface area contributed by atoms with Gasteiger partial charge in [0.15, 0.2) is 12.4 Å². The first-order chi connectivity index (χ1) is 33.2. The second-order valence-corrected chi connectivity index (χ2v) is 19.3. The van der Waals surface area contributed by atoms with Crippen LogP contribution >= 0.6 is 0 Å². The zero-order valence-corrected chi connectivity index (χ0v) is 43.5. The Bertz CT molecular complexity index is 1290. The van der Waals surface area contributed by atoms with Crippen molar-refractivity contribution in [1.29, 1.82) is 0 Å².